The quantitative estimate of drug-likeness (QED) is 0.626. The SMILES string of the molecule is OC1(c2ccccc2)CC2CCCC(C1)N2C(c1ccccc1)c1ccccc1. The normalized spacial score (nSPS) is 27.1. The molecule has 0 radical (unpaired) electrons. The molecule has 2 aliphatic rings. The minimum Gasteiger partial charge on any atom is -0.385 e. The van der Waals surface area contributed by atoms with Gasteiger partial charge in [0, 0.05) is 12.1 Å². The van der Waals surface area contributed by atoms with E-state index in [2.05, 4.69) is 77.7 Å². The molecule has 2 nitrogen and oxygen atoms in total. The molecule has 2 bridgehead atoms. The van der Waals surface area contributed by atoms with E-state index in [1.807, 2.05) is 18.2 Å². The Labute approximate surface area is 173 Å². The summed E-state index contributed by atoms with van der Waals surface area (Å²) in [7, 11) is 0. The van der Waals surface area contributed by atoms with Crippen LogP contribution in [0.3, 0.4) is 0 Å². The summed E-state index contributed by atoms with van der Waals surface area (Å²) in [5, 5.41) is 11.7. The zero-order chi connectivity index (χ0) is 19.7. The molecule has 1 N–H and O–H groups in total. The zero-order valence-electron chi connectivity index (χ0n) is 16.8. The Morgan fingerprint density at radius 1 is 0.690 bits per heavy atom. The maximum atomic E-state index is 11.7. The van der Waals surface area contributed by atoms with Crippen molar-refractivity contribution < 1.29 is 5.11 Å². The minimum absolute atomic E-state index is 0.244. The van der Waals surface area contributed by atoms with E-state index >= 15 is 0 Å². The Morgan fingerprint density at radius 2 is 1.14 bits per heavy atom. The molecule has 3 aromatic rings. The lowest BCUT2D eigenvalue weighted by molar-refractivity contribution is -0.107. The molecule has 3 aromatic carbocycles. The highest BCUT2D eigenvalue weighted by Crippen LogP contribution is 2.48. The maximum absolute atomic E-state index is 11.7. The van der Waals surface area contributed by atoms with Gasteiger partial charge in [0.15, 0.2) is 0 Å². The van der Waals surface area contributed by atoms with E-state index in [9.17, 15) is 5.11 Å². The summed E-state index contributed by atoms with van der Waals surface area (Å²) in [5.74, 6) is 0. The lowest BCUT2D eigenvalue weighted by Crippen LogP contribution is -2.58. The Morgan fingerprint density at radius 3 is 1.62 bits per heavy atom. The Bertz CT molecular complexity index is 871. The molecule has 0 spiro atoms. The summed E-state index contributed by atoms with van der Waals surface area (Å²) >= 11 is 0. The van der Waals surface area contributed by atoms with Gasteiger partial charge < -0.3 is 5.11 Å². The fourth-order valence-electron chi connectivity index (χ4n) is 5.68. The number of rotatable bonds is 4. The molecule has 0 aliphatic carbocycles. The zero-order valence-corrected chi connectivity index (χ0v) is 16.8. The number of fused-ring (bicyclic) bond motifs is 2. The molecule has 2 saturated heterocycles. The van der Waals surface area contributed by atoms with Gasteiger partial charge in [-0.2, -0.15) is 0 Å². The van der Waals surface area contributed by atoms with Crippen LogP contribution < -0.4 is 0 Å². The topological polar surface area (TPSA) is 23.5 Å². The summed E-state index contributed by atoms with van der Waals surface area (Å²) in [6.07, 6.45) is 5.18. The summed E-state index contributed by atoms with van der Waals surface area (Å²) in [6, 6.07) is 33.1. The maximum Gasteiger partial charge on any atom is 0.0926 e. The first-order valence-electron chi connectivity index (χ1n) is 10.9. The lowest BCUT2D eigenvalue weighted by Gasteiger charge is -2.55. The van der Waals surface area contributed by atoms with Gasteiger partial charge >= 0.3 is 0 Å². The van der Waals surface area contributed by atoms with Gasteiger partial charge in [-0.1, -0.05) is 97.4 Å². The van der Waals surface area contributed by atoms with Gasteiger partial charge in [0.1, 0.15) is 0 Å². The largest absolute Gasteiger partial charge is 0.385 e. The molecule has 2 fully saturated rings. The first-order chi connectivity index (χ1) is 14.2. The highest BCUT2D eigenvalue weighted by Gasteiger charge is 2.48. The van der Waals surface area contributed by atoms with E-state index < -0.39 is 5.60 Å². The third-order valence-electron chi connectivity index (χ3n) is 6.90. The highest BCUT2D eigenvalue weighted by molar-refractivity contribution is 5.34. The van der Waals surface area contributed by atoms with Crippen molar-refractivity contribution >= 4 is 0 Å². The van der Waals surface area contributed by atoms with Crippen LogP contribution in [0.2, 0.25) is 0 Å². The van der Waals surface area contributed by atoms with Crippen molar-refractivity contribution in [3.05, 3.63) is 108 Å². The summed E-state index contributed by atoms with van der Waals surface area (Å²) in [4.78, 5) is 2.73. The van der Waals surface area contributed by atoms with E-state index in [1.54, 1.807) is 0 Å². The summed E-state index contributed by atoms with van der Waals surface area (Å²) in [5.41, 5.74) is 3.06. The molecule has 29 heavy (non-hydrogen) atoms. The molecule has 2 atom stereocenters. The van der Waals surface area contributed by atoms with Crippen LogP contribution in [0.4, 0.5) is 0 Å². The second-order valence-electron chi connectivity index (χ2n) is 8.72. The number of aliphatic hydroxyl groups is 1. The molecular formula is C27H29NO. The molecular weight excluding hydrogens is 354 g/mol. The van der Waals surface area contributed by atoms with Crippen LogP contribution in [-0.2, 0) is 5.60 Å². The monoisotopic (exact) mass is 383 g/mol. The van der Waals surface area contributed by atoms with Gasteiger partial charge in [0.25, 0.3) is 0 Å². The number of benzene rings is 3. The van der Waals surface area contributed by atoms with Crippen molar-refractivity contribution in [1.82, 2.24) is 4.90 Å². The standard InChI is InChI=1S/C27H29NO/c29-27(23-15-8-3-9-16-23)19-24-17-10-18-25(20-27)28(24)26(21-11-4-1-5-12-21)22-13-6-2-7-14-22/h1-9,11-16,24-26,29H,10,17-20H2. The van der Waals surface area contributed by atoms with Gasteiger partial charge in [0.2, 0.25) is 0 Å². The van der Waals surface area contributed by atoms with Crippen molar-refractivity contribution in [2.45, 2.75) is 55.8 Å². The second kappa shape index (κ2) is 7.78. The number of hydrogen-bond acceptors (Lipinski definition) is 2. The number of nitrogens with zero attached hydrogens (tertiary/aromatic N) is 1. The Kier molecular flexibility index (Phi) is 4.99. The molecule has 2 unspecified atom stereocenters. The minimum atomic E-state index is -0.717. The molecule has 2 aliphatic heterocycles. The fourth-order valence-corrected chi connectivity index (χ4v) is 5.68. The Balaban J connectivity index is 1.54. The first-order valence-corrected chi connectivity index (χ1v) is 10.9. The van der Waals surface area contributed by atoms with Crippen LogP contribution in [0.15, 0.2) is 91.0 Å². The summed E-state index contributed by atoms with van der Waals surface area (Å²) < 4.78 is 0. The molecule has 0 aromatic heterocycles. The van der Waals surface area contributed by atoms with Gasteiger partial charge in [-0.25, -0.2) is 0 Å². The van der Waals surface area contributed by atoms with Crippen LogP contribution in [-0.4, -0.2) is 22.1 Å². The second-order valence-corrected chi connectivity index (χ2v) is 8.72. The van der Waals surface area contributed by atoms with Gasteiger partial charge in [0.05, 0.1) is 11.6 Å². The van der Waals surface area contributed by atoms with E-state index in [-0.39, 0.29) is 6.04 Å². The molecule has 2 heteroatoms. The fraction of sp³-hybridized carbons (Fsp3) is 0.333. The predicted octanol–water partition coefficient (Wildman–Crippen LogP) is 5.68. The highest BCUT2D eigenvalue weighted by atomic mass is 16.3. The van der Waals surface area contributed by atoms with Crippen LogP contribution in [0.5, 0.6) is 0 Å². The third kappa shape index (κ3) is 3.52. The lowest BCUT2D eigenvalue weighted by atomic mass is 9.71. The van der Waals surface area contributed by atoms with E-state index in [0.717, 1.165) is 31.2 Å². The molecule has 0 saturated carbocycles. The Hall–Kier alpha value is -2.42. The van der Waals surface area contributed by atoms with Crippen molar-refractivity contribution in [3.63, 3.8) is 0 Å². The van der Waals surface area contributed by atoms with Crippen molar-refractivity contribution in [1.29, 1.82) is 0 Å². The average molecular weight is 384 g/mol. The van der Waals surface area contributed by atoms with E-state index in [0.29, 0.717) is 12.1 Å². The van der Waals surface area contributed by atoms with Crippen LogP contribution in [0.25, 0.3) is 0 Å². The number of piperidine rings is 2. The van der Waals surface area contributed by atoms with Crippen molar-refractivity contribution in [2.24, 2.45) is 0 Å². The molecule has 0 amide bonds. The van der Waals surface area contributed by atoms with Gasteiger partial charge in [-0.05, 0) is 42.4 Å². The van der Waals surface area contributed by atoms with Gasteiger partial charge in [-0.15, -0.1) is 0 Å². The molecule has 2 heterocycles. The predicted molar refractivity (Wildman–Crippen MR) is 118 cm³/mol. The summed E-state index contributed by atoms with van der Waals surface area (Å²) in [6.45, 7) is 0. The number of hydrogen-bond donors (Lipinski definition) is 1. The third-order valence-corrected chi connectivity index (χ3v) is 6.90. The van der Waals surface area contributed by atoms with Gasteiger partial charge in [-0.3, -0.25) is 4.90 Å². The van der Waals surface area contributed by atoms with Crippen molar-refractivity contribution in [3.8, 4) is 0 Å². The van der Waals surface area contributed by atoms with E-state index in [1.165, 1.54) is 17.5 Å². The van der Waals surface area contributed by atoms with E-state index in [4.69, 9.17) is 0 Å². The van der Waals surface area contributed by atoms with Crippen LogP contribution in [0.1, 0.15) is 54.8 Å². The van der Waals surface area contributed by atoms with Crippen LogP contribution >= 0.6 is 0 Å². The average Bonchev–Trinajstić information content (AvgIpc) is 2.77. The molecule has 5 rings (SSSR count). The van der Waals surface area contributed by atoms with Crippen LogP contribution in [0, 0.1) is 0 Å². The molecule has 148 valence electrons. The smallest absolute Gasteiger partial charge is 0.0926 e. The van der Waals surface area contributed by atoms with Crippen molar-refractivity contribution in [2.75, 3.05) is 0 Å². The first kappa shape index (κ1) is 18.6.